The average molecular weight is 303 g/mol. The molecule has 1 saturated heterocycles. The standard InChI is InChI=1S/C12H17NO4S2/c1-9-5-3-2-4-8-13(9)19(16,17)11-7-6-10(18-11)12(14)15/h6-7,9H,2-5,8H2,1H3,(H,14,15). The Balaban J connectivity index is 2.31. The van der Waals surface area contributed by atoms with Crippen LogP contribution in [0.1, 0.15) is 42.3 Å². The predicted octanol–water partition coefficient (Wildman–Crippen LogP) is 2.40. The molecule has 106 valence electrons. The van der Waals surface area contributed by atoms with E-state index in [1.54, 1.807) is 0 Å². The zero-order valence-electron chi connectivity index (χ0n) is 10.7. The van der Waals surface area contributed by atoms with E-state index in [0.717, 1.165) is 37.0 Å². The summed E-state index contributed by atoms with van der Waals surface area (Å²) in [6, 6.07) is 2.71. The fraction of sp³-hybridized carbons (Fsp3) is 0.583. The minimum absolute atomic E-state index is 0.0251. The minimum Gasteiger partial charge on any atom is -0.477 e. The molecule has 1 aliphatic heterocycles. The Hall–Kier alpha value is -0.920. The normalized spacial score (nSPS) is 22.1. The zero-order valence-corrected chi connectivity index (χ0v) is 12.3. The van der Waals surface area contributed by atoms with Crippen molar-refractivity contribution in [1.82, 2.24) is 4.31 Å². The molecule has 2 rings (SSSR count). The smallest absolute Gasteiger partial charge is 0.345 e. The lowest BCUT2D eigenvalue weighted by Crippen LogP contribution is -2.37. The van der Waals surface area contributed by atoms with Crippen LogP contribution in [-0.2, 0) is 10.0 Å². The molecule has 0 aliphatic carbocycles. The van der Waals surface area contributed by atoms with Crippen molar-refractivity contribution in [3.8, 4) is 0 Å². The van der Waals surface area contributed by atoms with Crippen LogP contribution < -0.4 is 0 Å². The Bertz CT molecular complexity index is 564. The van der Waals surface area contributed by atoms with E-state index in [4.69, 9.17) is 5.11 Å². The molecule has 0 spiro atoms. The van der Waals surface area contributed by atoms with Crippen LogP contribution in [-0.4, -0.2) is 36.4 Å². The zero-order chi connectivity index (χ0) is 14.0. The second kappa shape index (κ2) is 5.60. The quantitative estimate of drug-likeness (QED) is 0.930. The number of nitrogens with zero attached hydrogens (tertiary/aromatic N) is 1. The number of carbonyl (C=O) groups is 1. The molecule has 0 bridgehead atoms. The Morgan fingerprint density at radius 2 is 2.11 bits per heavy atom. The Labute approximate surface area is 116 Å². The highest BCUT2D eigenvalue weighted by atomic mass is 32.2. The van der Waals surface area contributed by atoms with E-state index >= 15 is 0 Å². The van der Waals surface area contributed by atoms with Gasteiger partial charge >= 0.3 is 5.97 Å². The average Bonchev–Trinajstić information content (AvgIpc) is 2.74. The number of hydrogen-bond donors (Lipinski definition) is 1. The summed E-state index contributed by atoms with van der Waals surface area (Å²) in [6.07, 6.45) is 3.80. The van der Waals surface area contributed by atoms with Gasteiger partial charge in [0.15, 0.2) is 0 Å². The van der Waals surface area contributed by atoms with E-state index in [1.807, 2.05) is 6.92 Å². The number of carboxylic acid groups (broad SMARTS) is 1. The monoisotopic (exact) mass is 303 g/mol. The molecule has 1 aliphatic rings. The summed E-state index contributed by atoms with van der Waals surface area (Å²) in [4.78, 5) is 10.9. The van der Waals surface area contributed by atoms with Crippen LogP contribution in [0.3, 0.4) is 0 Å². The molecule has 0 aromatic carbocycles. The highest BCUT2D eigenvalue weighted by molar-refractivity contribution is 7.91. The molecule has 1 atom stereocenters. The van der Waals surface area contributed by atoms with Gasteiger partial charge in [-0.15, -0.1) is 11.3 Å². The van der Waals surface area contributed by atoms with Crippen LogP contribution in [0, 0.1) is 0 Å². The van der Waals surface area contributed by atoms with Gasteiger partial charge in [0, 0.05) is 12.6 Å². The molecule has 1 fully saturated rings. The second-order valence-electron chi connectivity index (χ2n) is 4.74. The predicted molar refractivity (Wildman–Crippen MR) is 73.1 cm³/mol. The molecule has 1 N–H and O–H groups in total. The SMILES string of the molecule is CC1CCCCCN1S(=O)(=O)c1ccc(C(=O)O)s1. The van der Waals surface area contributed by atoms with Gasteiger partial charge in [-0.2, -0.15) is 4.31 Å². The highest BCUT2D eigenvalue weighted by Gasteiger charge is 2.31. The Morgan fingerprint density at radius 3 is 2.74 bits per heavy atom. The maximum atomic E-state index is 12.5. The topological polar surface area (TPSA) is 74.7 Å². The molecule has 0 amide bonds. The second-order valence-corrected chi connectivity index (χ2v) is 7.94. The molecule has 19 heavy (non-hydrogen) atoms. The number of aromatic carboxylic acids is 1. The van der Waals surface area contributed by atoms with Gasteiger partial charge in [0.1, 0.15) is 9.09 Å². The molecule has 0 radical (unpaired) electrons. The van der Waals surface area contributed by atoms with E-state index in [1.165, 1.54) is 16.4 Å². The van der Waals surface area contributed by atoms with Crippen LogP contribution >= 0.6 is 11.3 Å². The molecule has 1 aromatic heterocycles. The number of thiophene rings is 1. The van der Waals surface area contributed by atoms with Gasteiger partial charge in [0.2, 0.25) is 0 Å². The van der Waals surface area contributed by atoms with Crippen molar-refractivity contribution in [2.75, 3.05) is 6.54 Å². The summed E-state index contributed by atoms with van der Waals surface area (Å²) in [5, 5.41) is 8.87. The first-order valence-corrected chi connectivity index (χ1v) is 8.53. The van der Waals surface area contributed by atoms with E-state index in [0.29, 0.717) is 6.54 Å². The van der Waals surface area contributed by atoms with Crippen molar-refractivity contribution in [3.05, 3.63) is 17.0 Å². The molecular formula is C12H17NO4S2. The van der Waals surface area contributed by atoms with Gasteiger partial charge in [-0.25, -0.2) is 13.2 Å². The minimum atomic E-state index is -3.56. The third kappa shape index (κ3) is 2.98. The van der Waals surface area contributed by atoms with E-state index < -0.39 is 16.0 Å². The van der Waals surface area contributed by atoms with Crippen molar-refractivity contribution in [2.45, 2.75) is 42.9 Å². The molecule has 7 heteroatoms. The molecule has 0 saturated carbocycles. The lowest BCUT2D eigenvalue weighted by atomic mass is 10.1. The lowest BCUT2D eigenvalue weighted by molar-refractivity contribution is 0.0702. The third-order valence-corrected chi connectivity index (χ3v) is 6.90. The van der Waals surface area contributed by atoms with Crippen LogP contribution in [0.2, 0.25) is 0 Å². The van der Waals surface area contributed by atoms with Crippen molar-refractivity contribution in [3.63, 3.8) is 0 Å². The van der Waals surface area contributed by atoms with Gasteiger partial charge < -0.3 is 5.11 Å². The van der Waals surface area contributed by atoms with E-state index in [9.17, 15) is 13.2 Å². The third-order valence-electron chi connectivity index (χ3n) is 3.35. The van der Waals surface area contributed by atoms with Crippen LogP contribution in [0.25, 0.3) is 0 Å². The Kier molecular flexibility index (Phi) is 4.27. The first kappa shape index (κ1) is 14.5. The van der Waals surface area contributed by atoms with Gasteiger partial charge in [-0.3, -0.25) is 0 Å². The van der Waals surface area contributed by atoms with Crippen molar-refractivity contribution >= 4 is 27.3 Å². The summed E-state index contributed by atoms with van der Waals surface area (Å²) >= 11 is 0.821. The fourth-order valence-corrected chi connectivity index (χ4v) is 5.27. The number of rotatable bonds is 3. The highest BCUT2D eigenvalue weighted by Crippen LogP contribution is 2.29. The number of sulfonamides is 1. The lowest BCUT2D eigenvalue weighted by Gasteiger charge is -2.25. The van der Waals surface area contributed by atoms with Crippen molar-refractivity contribution in [1.29, 1.82) is 0 Å². The summed E-state index contributed by atoms with van der Waals surface area (Å²) < 4.78 is 26.7. The van der Waals surface area contributed by atoms with Gasteiger partial charge in [-0.05, 0) is 31.9 Å². The molecular weight excluding hydrogens is 286 g/mol. The summed E-state index contributed by atoms with van der Waals surface area (Å²) in [7, 11) is -3.56. The maximum Gasteiger partial charge on any atom is 0.345 e. The first-order chi connectivity index (χ1) is 8.93. The largest absolute Gasteiger partial charge is 0.477 e. The van der Waals surface area contributed by atoms with Crippen molar-refractivity contribution < 1.29 is 18.3 Å². The van der Waals surface area contributed by atoms with Crippen LogP contribution in [0.15, 0.2) is 16.3 Å². The molecule has 1 aromatic rings. The van der Waals surface area contributed by atoms with Gasteiger partial charge in [0.25, 0.3) is 10.0 Å². The van der Waals surface area contributed by atoms with Crippen LogP contribution in [0.5, 0.6) is 0 Å². The first-order valence-electron chi connectivity index (χ1n) is 6.28. The fourth-order valence-electron chi connectivity index (χ4n) is 2.29. The summed E-state index contributed by atoms with van der Waals surface area (Å²) in [6.45, 7) is 2.43. The van der Waals surface area contributed by atoms with Crippen molar-refractivity contribution in [2.24, 2.45) is 0 Å². The molecule has 2 heterocycles. The number of carboxylic acids is 1. The van der Waals surface area contributed by atoms with E-state index in [2.05, 4.69) is 0 Å². The molecule has 5 nitrogen and oxygen atoms in total. The number of hydrogen-bond acceptors (Lipinski definition) is 4. The van der Waals surface area contributed by atoms with E-state index in [-0.39, 0.29) is 15.1 Å². The summed E-state index contributed by atoms with van der Waals surface area (Å²) in [5.41, 5.74) is 0. The van der Waals surface area contributed by atoms with Gasteiger partial charge in [-0.1, -0.05) is 12.8 Å². The molecule has 1 unspecified atom stereocenters. The van der Waals surface area contributed by atoms with Crippen LogP contribution in [0.4, 0.5) is 0 Å². The Morgan fingerprint density at radius 1 is 1.37 bits per heavy atom. The summed E-state index contributed by atoms with van der Waals surface area (Å²) in [5.74, 6) is -1.09. The van der Waals surface area contributed by atoms with Gasteiger partial charge in [0.05, 0.1) is 0 Å². The maximum absolute atomic E-state index is 12.5.